The summed E-state index contributed by atoms with van der Waals surface area (Å²) in [6.07, 6.45) is 2.99. The van der Waals surface area contributed by atoms with Gasteiger partial charge in [0.2, 0.25) is 0 Å². The molecule has 2 aromatic rings. The highest BCUT2D eigenvalue weighted by Gasteiger charge is 2.37. The largest absolute Gasteiger partial charge is 0.477 e. The van der Waals surface area contributed by atoms with Gasteiger partial charge in [-0.2, -0.15) is 0 Å². The smallest absolute Gasteiger partial charge is 0.323 e. The molecule has 0 amide bonds. The summed E-state index contributed by atoms with van der Waals surface area (Å²) >= 11 is 0. The number of hydrogen-bond acceptors (Lipinski definition) is 5. The Hall–Kier alpha value is -1.17. The van der Waals surface area contributed by atoms with Crippen molar-refractivity contribution in [3.05, 3.63) is 36.0 Å². The van der Waals surface area contributed by atoms with Crippen molar-refractivity contribution in [2.75, 3.05) is 20.6 Å². The standard InChI is InChI=1S/C21H35N2O4P/c1-20(2,3)26-28(24,27-21(4,5)6)25-16-23-15-17(13-14-22(7)8)18-11-9-10-12-19(18)23/h9-12,15H,13-14,16H2,1-8H3. The number of aromatic nitrogens is 1. The first-order valence-corrected chi connectivity index (χ1v) is 11.1. The molecule has 0 radical (unpaired) electrons. The summed E-state index contributed by atoms with van der Waals surface area (Å²) in [4.78, 5) is 2.16. The molecule has 0 saturated carbocycles. The van der Waals surface area contributed by atoms with E-state index in [0.29, 0.717) is 0 Å². The van der Waals surface area contributed by atoms with E-state index in [4.69, 9.17) is 13.6 Å². The number of nitrogens with zero attached hydrogens (tertiary/aromatic N) is 2. The summed E-state index contributed by atoms with van der Waals surface area (Å²) in [7, 11) is 0.367. The topological polar surface area (TPSA) is 52.9 Å². The molecule has 2 rings (SSSR count). The monoisotopic (exact) mass is 410 g/mol. The van der Waals surface area contributed by atoms with E-state index in [9.17, 15) is 4.57 Å². The fraction of sp³-hybridized carbons (Fsp3) is 0.619. The van der Waals surface area contributed by atoms with Crippen molar-refractivity contribution in [1.29, 1.82) is 0 Å². The number of benzene rings is 1. The Kier molecular flexibility index (Phi) is 7.17. The van der Waals surface area contributed by atoms with Gasteiger partial charge >= 0.3 is 7.82 Å². The van der Waals surface area contributed by atoms with Crippen molar-refractivity contribution < 1.29 is 18.1 Å². The van der Waals surface area contributed by atoms with Gasteiger partial charge in [0.25, 0.3) is 0 Å². The van der Waals surface area contributed by atoms with E-state index in [0.717, 1.165) is 18.5 Å². The Balaban J connectivity index is 2.27. The van der Waals surface area contributed by atoms with Crippen molar-refractivity contribution >= 4 is 18.7 Å². The van der Waals surface area contributed by atoms with E-state index in [-0.39, 0.29) is 6.73 Å². The minimum Gasteiger partial charge on any atom is -0.323 e. The van der Waals surface area contributed by atoms with Crippen molar-refractivity contribution in [3.63, 3.8) is 0 Å². The van der Waals surface area contributed by atoms with Gasteiger partial charge in [0.05, 0.1) is 16.7 Å². The first-order valence-electron chi connectivity index (χ1n) is 9.66. The van der Waals surface area contributed by atoms with E-state index < -0.39 is 19.0 Å². The average molecular weight is 410 g/mol. The highest BCUT2D eigenvalue weighted by Crippen LogP contribution is 2.55. The summed E-state index contributed by atoms with van der Waals surface area (Å²) in [5.74, 6) is 0. The van der Waals surface area contributed by atoms with E-state index in [2.05, 4.69) is 31.3 Å². The maximum Gasteiger partial charge on any atom is 0.477 e. The van der Waals surface area contributed by atoms with Crippen LogP contribution in [-0.2, 0) is 31.3 Å². The van der Waals surface area contributed by atoms with Gasteiger partial charge in [-0.1, -0.05) is 18.2 Å². The quantitative estimate of drug-likeness (QED) is 0.541. The van der Waals surface area contributed by atoms with Gasteiger partial charge in [-0.3, -0.25) is 13.6 Å². The predicted molar refractivity (Wildman–Crippen MR) is 115 cm³/mol. The van der Waals surface area contributed by atoms with Crippen LogP contribution >= 0.6 is 7.82 Å². The van der Waals surface area contributed by atoms with Crippen LogP contribution in [-0.4, -0.2) is 41.3 Å². The molecule has 6 nitrogen and oxygen atoms in total. The summed E-state index contributed by atoms with van der Waals surface area (Å²) in [6.45, 7) is 12.0. The minimum atomic E-state index is -3.76. The molecule has 0 N–H and O–H groups in total. The first kappa shape index (κ1) is 23.1. The second kappa shape index (κ2) is 8.68. The fourth-order valence-corrected chi connectivity index (χ4v) is 4.60. The third kappa shape index (κ3) is 7.02. The van der Waals surface area contributed by atoms with Gasteiger partial charge in [-0.25, -0.2) is 4.57 Å². The van der Waals surface area contributed by atoms with Crippen LogP contribution in [0, 0.1) is 0 Å². The van der Waals surface area contributed by atoms with Crippen molar-refractivity contribution in [1.82, 2.24) is 9.47 Å². The van der Waals surface area contributed by atoms with Gasteiger partial charge in [0.15, 0.2) is 0 Å². The maximum atomic E-state index is 13.3. The normalized spacial score (nSPS) is 13.6. The molecule has 1 heterocycles. The van der Waals surface area contributed by atoms with E-state index in [1.807, 2.05) is 64.3 Å². The van der Waals surface area contributed by atoms with Crippen LogP contribution in [0.1, 0.15) is 47.1 Å². The molecule has 0 aliphatic carbocycles. The zero-order valence-electron chi connectivity index (χ0n) is 18.5. The molecule has 28 heavy (non-hydrogen) atoms. The van der Waals surface area contributed by atoms with E-state index in [1.165, 1.54) is 10.9 Å². The predicted octanol–water partition coefficient (Wildman–Crippen LogP) is 5.46. The Morgan fingerprint density at radius 3 is 2.11 bits per heavy atom. The Morgan fingerprint density at radius 1 is 1.00 bits per heavy atom. The van der Waals surface area contributed by atoms with Crippen LogP contribution in [0.15, 0.2) is 30.5 Å². The maximum absolute atomic E-state index is 13.3. The second-order valence-corrected chi connectivity index (χ2v) is 10.8. The molecular formula is C21H35N2O4P. The van der Waals surface area contributed by atoms with Crippen LogP contribution in [0.2, 0.25) is 0 Å². The number of likely N-dealkylation sites (N-methyl/N-ethyl adjacent to an activating group) is 1. The summed E-state index contributed by atoms with van der Waals surface area (Å²) in [5.41, 5.74) is 0.956. The summed E-state index contributed by atoms with van der Waals surface area (Å²) in [6, 6.07) is 8.17. The second-order valence-electron chi connectivity index (χ2n) is 9.31. The lowest BCUT2D eigenvalue weighted by molar-refractivity contribution is -0.00563. The van der Waals surface area contributed by atoms with E-state index in [1.54, 1.807) is 0 Å². The lowest BCUT2D eigenvalue weighted by atomic mass is 10.1. The van der Waals surface area contributed by atoms with E-state index >= 15 is 0 Å². The Labute approximate surface area is 169 Å². The molecular weight excluding hydrogens is 375 g/mol. The molecule has 0 spiro atoms. The van der Waals surface area contributed by atoms with Gasteiger partial charge in [0, 0.05) is 18.1 Å². The number of para-hydroxylation sites is 1. The van der Waals surface area contributed by atoms with Gasteiger partial charge < -0.3 is 9.47 Å². The summed E-state index contributed by atoms with van der Waals surface area (Å²) in [5, 5.41) is 1.18. The molecule has 0 unspecified atom stereocenters. The van der Waals surface area contributed by atoms with Gasteiger partial charge in [0.1, 0.15) is 6.73 Å². The molecule has 0 saturated heterocycles. The first-order chi connectivity index (χ1) is 12.8. The third-order valence-electron chi connectivity index (χ3n) is 3.83. The molecule has 0 bridgehead atoms. The number of phosphoric ester groups is 1. The van der Waals surface area contributed by atoms with Crippen LogP contribution < -0.4 is 0 Å². The van der Waals surface area contributed by atoms with Crippen LogP contribution in [0.3, 0.4) is 0 Å². The van der Waals surface area contributed by atoms with Crippen molar-refractivity contribution in [2.45, 2.75) is 65.9 Å². The number of hydrogen-bond donors (Lipinski definition) is 0. The molecule has 0 aliphatic rings. The van der Waals surface area contributed by atoms with Crippen LogP contribution in [0.5, 0.6) is 0 Å². The Bertz CT molecular complexity index is 811. The van der Waals surface area contributed by atoms with Gasteiger partial charge in [-0.05, 0) is 73.7 Å². The lowest BCUT2D eigenvalue weighted by Crippen LogP contribution is -2.25. The zero-order chi connectivity index (χ0) is 21.2. The molecule has 7 heteroatoms. The SMILES string of the molecule is CN(C)CCc1cn(COP(=O)(OC(C)(C)C)OC(C)(C)C)c2ccccc12. The fourth-order valence-electron chi connectivity index (χ4n) is 2.85. The third-order valence-corrected chi connectivity index (χ3v) is 5.80. The molecule has 0 fully saturated rings. The lowest BCUT2D eigenvalue weighted by Gasteiger charge is -2.31. The highest BCUT2D eigenvalue weighted by molar-refractivity contribution is 7.48. The minimum absolute atomic E-state index is 0.0892. The highest BCUT2D eigenvalue weighted by atomic mass is 31.2. The van der Waals surface area contributed by atoms with Crippen molar-refractivity contribution in [3.8, 4) is 0 Å². The molecule has 0 aliphatic heterocycles. The molecule has 0 atom stereocenters. The van der Waals surface area contributed by atoms with Crippen molar-refractivity contribution in [2.24, 2.45) is 0 Å². The summed E-state index contributed by atoms with van der Waals surface area (Å²) < 4.78 is 32.5. The number of fused-ring (bicyclic) bond motifs is 1. The molecule has 1 aromatic carbocycles. The number of phosphoric acid groups is 1. The van der Waals surface area contributed by atoms with Crippen LogP contribution in [0.4, 0.5) is 0 Å². The zero-order valence-corrected chi connectivity index (χ0v) is 19.4. The number of rotatable bonds is 8. The average Bonchev–Trinajstić information content (AvgIpc) is 2.85. The van der Waals surface area contributed by atoms with Crippen LogP contribution in [0.25, 0.3) is 10.9 Å². The molecule has 158 valence electrons. The molecule has 1 aromatic heterocycles. The Morgan fingerprint density at radius 2 is 1.57 bits per heavy atom. The van der Waals surface area contributed by atoms with Gasteiger partial charge in [-0.15, -0.1) is 0 Å².